The Bertz CT molecular complexity index is 461. The number of benzene rings is 1. The van der Waals surface area contributed by atoms with Crippen LogP contribution in [-0.2, 0) is 11.3 Å². The lowest BCUT2D eigenvalue weighted by atomic mass is 10.2. The van der Waals surface area contributed by atoms with Gasteiger partial charge in [-0.3, -0.25) is 4.79 Å². The Balaban J connectivity index is 2.78. The van der Waals surface area contributed by atoms with Crippen molar-refractivity contribution in [3.8, 4) is 5.75 Å². The fourth-order valence-corrected chi connectivity index (χ4v) is 1.55. The van der Waals surface area contributed by atoms with Crippen LogP contribution < -0.4 is 10.5 Å². The Hall–Kier alpha value is -1.92. The minimum absolute atomic E-state index is 0.172. The van der Waals surface area contributed by atoms with Crippen molar-refractivity contribution in [2.24, 2.45) is 0 Å². The van der Waals surface area contributed by atoms with Crippen LogP contribution in [0.4, 0.5) is 18.9 Å². The Morgan fingerprint density at radius 1 is 1.42 bits per heavy atom. The molecule has 0 heterocycles. The number of nitrogens with zero attached hydrogens (tertiary/aromatic N) is 1. The third kappa shape index (κ3) is 4.04. The maximum atomic E-state index is 12.2. The molecule has 1 aromatic rings. The number of rotatable bonds is 4. The van der Waals surface area contributed by atoms with Crippen LogP contribution in [0.3, 0.4) is 0 Å². The number of carbonyl (C=O) groups is 1. The fourth-order valence-electron chi connectivity index (χ4n) is 1.55. The highest BCUT2D eigenvalue weighted by Crippen LogP contribution is 2.24. The Morgan fingerprint density at radius 2 is 2.05 bits per heavy atom. The van der Waals surface area contributed by atoms with E-state index in [0.29, 0.717) is 28.5 Å². The van der Waals surface area contributed by atoms with Crippen molar-refractivity contribution in [1.82, 2.24) is 4.90 Å². The molecule has 106 valence electrons. The second-order valence-electron chi connectivity index (χ2n) is 3.96. The van der Waals surface area contributed by atoms with E-state index in [2.05, 4.69) is 0 Å². The van der Waals surface area contributed by atoms with Gasteiger partial charge in [-0.2, -0.15) is 13.2 Å². The molecule has 4 nitrogen and oxygen atoms in total. The van der Waals surface area contributed by atoms with Gasteiger partial charge in [-0.05, 0) is 24.6 Å². The average Bonchev–Trinajstić information content (AvgIpc) is 2.30. The quantitative estimate of drug-likeness (QED) is 0.858. The number of alkyl halides is 3. The van der Waals surface area contributed by atoms with Gasteiger partial charge in [0.05, 0.1) is 12.3 Å². The van der Waals surface area contributed by atoms with Crippen LogP contribution in [0.5, 0.6) is 5.75 Å². The molecule has 1 rings (SSSR count). The summed E-state index contributed by atoms with van der Waals surface area (Å²) in [7, 11) is 1.09. The molecule has 0 aliphatic heterocycles. The molecule has 0 atom stereocenters. The van der Waals surface area contributed by atoms with Gasteiger partial charge in [0, 0.05) is 13.6 Å². The highest BCUT2D eigenvalue weighted by atomic mass is 19.4. The normalized spacial score (nSPS) is 11.2. The second kappa shape index (κ2) is 5.81. The molecule has 0 saturated heterocycles. The van der Waals surface area contributed by atoms with Crippen LogP contribution in [0.2, 0.25) is 0 Å². The lowest BCUT2D eigenvalue weighted by molar-refractivity contribution is -0.184. The molecule has 19 heavy (non-hydrogen) atoms. The van der Waals surface area contributed by atoms with Crippen molar-refractivity contribution in [2.45, 2.75) is 19.6 Å². The lowest BCUT2D eigenvalue weighted by Crippen LogP contribution is -2.37. The van der Waals surface area contributed by atoms with Gasteiger partial charge >= 0.3 is 12.1 Å². The van der Waals surface area contributed by atoms with Gasteiger partial charge in [-0.25, -0.2) is 0 Å². The Morgan fingerprint density at radius 3 is 2.53 bits per heavy atom. The van der Waals surface area contributed by atoms with E-state index in [-0.39, 0.29) is 6.54 Å². The van der Waals surface area contributed by atoms with Gasteiger partial charge in [0.25, 0.3) is 0 Å². The largest absolute Gasteiger partial charge is 0.492 e. The number of nitrogen functional groups attached to an aromatic ring is 1. The zero-order chi connectivity index (χ0) is 14.6. The molecule has 0 fully saturated rings. The number of anilines is 1. The topological polar surface area (TPSA) is 55.6 Å². The molecule has 0 saturated carbocycles. The number of hydrogen-bond acceptors (Lipinski definition) is 3. The van der Waals surface area contributed by atoms with Crippen molar-refractivity contribution in [3.05, 3.63) is 23.8 Å². The summed E-state index contributed by atoms with van der Waals surface area (Å²) in [6.45, 7) is 2.06. The van der Waals surface area contributed by atoms with E-state index in [1.807, 2.05) is 0 Å². The summed E-state index contributed by atoms with van der Waals surface area (Å²) in [6.07, 6.45) is -4.87. The number of carbonyl (C=O) groups excluding carboxylic acids is 1. The number of halogens is 3. The molecule has 7 heteroatoms. The van der Waals surface area contributed by atoms with Gasteiger partial charge in [0.1, 0.15) is 5.75 Å². The molecule has 0 bridgehead atoms. The van der Waals surface area contributed by atoms with Crippen molar-refractivity contribution in [2.75, 3.05) is 19.4 Å². The molecule has 1 amide bonds. The van der Waals surface area contributed by atoms with Crippen molar-refractivity contribution >= 4 is 11.6 Å². The van der Waals surface area contributed by atoms with E-state index in [9.17, 15) is 18.0 Å². The maximum absolute atomic E-state index is 12.2. The zero-order valence-electron chi connectivity index (χ0n) is 10.6. The molecule has 1 aromatic carbocycles. The van der Waals surface area contributed by atoms with E-state index in [1.54, 1.807) is 19.1 Å². The van der Waals surface area contributed by atoms with Crippen molar-refractivity contribution in [3.63, 3.8) is 0 Å². The van der Waals surface area contributed by atoms with E-state index >= 15 is 0 Å². The number of nitrogens with two attached hydrogens (primary N) is 1. The predicted molar refractivity (Wildman–Crippen MR) is 64.6 cm³/mol. The van der Waals surface area contributed by atoms with Crippen LogP contribution >= 0.6 is 0 Å². The molecule has 0 aliphatic carbocycles. The standard InChI is InChI=1S/C12H15F3N2O2/c1-3-19-10-5-4-8(6-9(10)16)7-17(2)11(18)12(13,14)15/h4-6H,3,7,16H2,1-2H3. The molecular formula is C12H15F3N2O2. The molecule has 0 aliphatic rings. The molecule has 0 spiro atoms. The minimum atomic E-state index is -4.87. The van der Waals surface area contributed by atoms with Gasteiger partial charge in [0.15, 0.2) is 0 Å². The second-order valence-corrected chi connectivity index (χ2v) is 3.96. The monoisotopic (exact) mass is 276 g/mol. The van der Waals surface area contributed by atoms with E-state index < -0.39 is 12.1 Å². The highest BCUT2D eigenvalue weighted by molar-refractivity contribution is 5.81. The number of amides is 1. The minimum Gasteiger partial charge on any atom is -0.492 e. The maximum Gasteiger partial charge on any atom is 0.471 e. The van der Waals surface area contributed by atoms with Crippen LogP contribution in [0, 0.1) is 0 Å². The summed E-state index contributed by atoms with van der Waals surface area (Å²) in [5.74, 6) is -1.42. The molecule has 0 aromatic heterocycles. The summed E-state index contributed by atoms with van der Waals surface area (Å²) in [5.41, 5.74) is 6.52. The molecular weight excluding hydrogens is 261 g/mol. The van der Waals surface area contributed by atoms with Crippen LogP contribution in [0.25, 0.3) is 0 Å². The number of hydrogen-bond donors (Lipinski definition) is 1. The summed E-state index contributed by atoms with van der Waals surface area (Å²) in [6, 6.07) is 4.63. The number of ether oxygens (including phenoxy) is 1. The van der Waals surface area contributed by atoms with E-state index in [1.165, 1.54) is 6.07 Å². The van der Waals surface area contributed by atoms with Crippen molar-refractivity contribution < 1.29 is 22.7 Å². The summed E-state index contributed by atoms with van der Waals surface area (Å²) in [4.78, 5) is 11.6. The smallest absolute Gasteiger partial charge is 0.471 e. The van der Waals surface area contributed by atoms with Crippen molar-refractivity contribution in [1.29, 1.82) is 0 Å². The van der Waals surface area contributed by atoms with Crippen LogP contribution in [0.15, 0.2) is 18.2 Å². The molecule has 0 unspecified atom stereocenters. The van der Waals surface area contributed by atoms with Gasteiger partial charge in [0.2, 0.25) is 0 Å². The third-order valence-corrected chi connectivity index (χ3v) is 2.38. The molecule has 0 radical (unpaired) electrons. The zero-order valence-corrected chi connectivity index (χ0v) is 10.6. The van der Waals surface area contributed by atoms with Gasteiger partial charge in [-0.15, -0.1) is 0 Å². The van der Waals surface area contributed by atoms with Gasteiger partial charge in [-0.1, -0.05) is 6.07 Å². The SMILES string of the molecule is CCOc1ccc(CN(C)C(=O)C(F)(F)F)cc1N. The van der Waals surface area contributed by atoms with Crippen LogP contribution in [0.1, 0.15) is 12.5 Å². The Kier molecular flexibility index (Phi) is 4.63. The highest BCUT2D eigenvalue weighted by Gasteiger charge is 2.41. The lowest BCUT2D eigenvalue weighted by Gasteiger charge is -2.19. The first-order valence-electron chi connectivity index (χ1n) is 5.59. The Labute approximate surface area is 108 Å². The summed E-state index contributed by atoms with van der Waals surface area (Å²) < 4.78 is 41.8. The predicted octanol–water partition coefficient (Wildman–Crippen LogP) is 2.19. The fraction of sp³-hybridized carbons (Fsp3) is 0.417. The van der Waals surface area contributed by atoms with E-state index in [4.69, 9.17) is 10.5 Å². The first-order valence-corrected chi connectivity index (χ1v) is 5.59. The summed E-state index contributed by atoms with van der Waals surface area (Å²) in [5, 5.41) is 0. The third-order valence-electron chi connectivity index (χ3n) is 2.38. The van der Waals surface area contributed by atoms with Crippen LogP contribution in [-0.4, -0.2) is 30.6 Å². The van der Waals surface area contributed by atoms with Gasteiger partial charge < -0.3 is 15.4 Å². The van der Waals surface area contributed by atoms with E-state index in [0.717, 1.165) is 7.05 Å². The first-order chi connectivity index (χ1) is 8.75. The summed E-state index contributed by atoms with van der Waals surface area (Å²) >= 11 is 0. The first kappa shape index (κ1) is 15.1. The molecule has 2 N–H and O–H groups in total. The average molecular weight is 276 g/mol.